The molecular weight excluding hydrogens is 464 g/mol. The number of aliphatic imine (C=N–C) groups is 1. The predicted octanol–water partition coefficient (Wildman–Crippen LogP) is 4.99. The molecular formula is C27H27ClN4O3. The van der Waals surface area contributed by atoms with Crippen molar-refractivity contribution >= 4 is 45.8 Å². The number of nitrogens with zero attached hydrogens (tertiary/aromatic N) is 2. The summed E-state index contributed by atoms with van der Waals surface area (Å²) in [7, 11) is 3.44. The van der Waals surface area contributed by atoms with E-state index in [4.69, 9.17) is 17.3 Å². The maximum atomic E-state index is 12.8. The fourth-order valence-corrected chi connectivity index (χ4v) is 3.71. The van der Waals surface area contributed by atoms with E-state index in [0.29, 0.717) is 17.1 Å². The normalized spacial score (nSPS) is 12.1. The number of carbonyl (C=O) groups excluding carboxylic acids is 1. The van der Waals surface area contributed by atoms with E-state index >= 15 is 0 Å². The molecule has 0 spiro atoms. The number of amides is 1. The zero-order chi connectivity index (χ0) is 25.5. The van der Waals surface area contributed by atoms with Crippen LogP contribution < -0.4 is 11.1 Å². The average molecular weight is 491 g/mol. The highest BCUT2D eigenvalue weighted by molar-refractivity contribution is 6.31. The van der Waals surface area contributed by atoms with Crippen LogP contribution in [0.2, 0.25) is 0 Å². The average Bonchev–Trinajstić information content (AvgIpc) is 2.80. The zero-order valence-electron chi connectivity index (χ0n) is 19.6. The van der Waals surface area contributed by atoms with Crippen LogP contribution in [0.15, 0.2) is 94.7 Å². The van der Waals surface area contributed by atoms with Crippen LogP contribution in [-0.4, -0.2) is 41.8 Å². The number of carboxylic acid groups (broad SMARTS) is 1. The van der Waals surface area contributed by atoms with Gasteiger partial charge in [-0.2, -0.15) is 0 Å². The molecule has 0 bridgehead atoms. The van der Waals surface area contributed by atoms with Crippen molar-refractivity contribution in [2.24, 2.45) is 10.7 Å². The molecule has 0 radical (unpaired) electrons. The first kappa shape index (κ1) is 25.5. The Bertz CT molecular complexity index is 1350. The minimum absolute atomic E-state index is 0.0889. The zero-order valence-corrected chi connectivity index (χ0v) is 20.3. The van der Waals surface area contributed by atoms with Gasteiger partial charge >= 0.3 is 5.97 Å². The second-order valence-corrected chi connectivity index (χ2v) is 8.62. The Kier molecular flexibility index (Phi) is 8.28. The molecule has 0 unspecified atom stereocenters. The summed E-state index contributed by atoms with van der Waals surface area (Å²) in [6.45, 7) is 3.65. The van der Waals surface area contributed by atoms with E-state index in [2.05, 4.69) is 16.9 Å². The molecule has 3 aromatic carbocycles. The number of hydrogen-bond acceptors (Lipinski definition) is 4. The Morgan fingerprint density at radius 1 is 1.06 bits per heavy atom. The van der Waals surface area contributed by atoms with Crippen molar-refractivity contribution < 1.29 is 14.7 Å². The van der Waals surface area contributed by atoms with E-state index in [0.717, 1.165) is 16.3 Å². The molecule has 180 valence electrons. The molecule has 1 amide bonds. The number of fused-ring (bicyclic) bond motifs is 1. The number of anilines is 1. The lowest BCUT2D eigenvalue weighted by molar-refractivity contribution is -0.136. The Labute approximate surface area is 209 Å². The summed E-state index contributed by atoms with van der Waals surface area (Å²) in [5.74, 6) is -0.686. The number of benzene rings is 3. The molecule has 0 aromatic heterocycles. The summed E-state index contributed by atoms with van der Waals surface area (Å²) >= 11 is 6.03. The second-order valence-electron chi connectivity index (χ2n) is 8.17. The van der Waals surface area contributed by atoms with Gasteiger partial charge < -0.3 is 21.1 Å². The van der Waals surface area contributed by atoms with Gasteiger partial charge in [-0.25, -0.2) is 4.99 Å². The molecule has 0 aliphatic carbocycles. The van der Waals surface area contributed by atoms with Gasteiger partial charge in [0.2, 0.25) is 0 Å². The molecule has 0 heterocycles. The standard InChI is InChI=1S/C27H27ClN4O3/c1-17(28)23(16-25(33)34)26(32(2)3)31-24(29)14-18-7-6-10-22(13-18)30-27(35)21-12-11-19-8-4-5-9-20(19)15-21/h4-13,15H,1,14,16H2,2-3H3,(H2,29,31)(H,30,35)(H,33,34)/b26-23+. The molecule has 0 aliphatic rings. The van der Waals surface area contributed by atoms with E-state index in [1.54, 1.807) is 31.1 Å². The molecule has 0 saturated carbocycles. The topological polar surface area (TPSA) is 108 Å². The van der Waals surface area contributed by atoms with Gasteiger partial charge in [0.15, 0.2) is 0 Å². The lowest BCUT2D eigenvalue weighted by Gasteiger charge is -2.18. The molecule has 35 heavy (non-hydrogen) atoms. The lowest BCUT2D eigenvalue weighted by Crippen LogP contribution is -2.21. The quantitative estimate of drug-likeness (QED) is 0.222. The fraction of sp³-hybridized carbons (Fsp3) is 0.148. The monoisotopic (exact) mass is 490 g/mol. The van der Waals surface area contributed by atoms with Crippen LogP contribution >= 0.6 is 11.6 Å². The molecule has 3 aromatic rings. The third-order valence-electron chi connectivity index (χ3n) is 5.18. The van der Waals surface area contributed by atoms with Gasteiger partial charge in [-0.1, -0.05) is 60.6 Å². The number of amidine groups is 1. The molecule has 8 heteroatoms. The highest BCUT2D eigenvalue weighted by atomic mass is 35.5. The van der Waals surface area contributed by atoms with Gasteiger partial charge in [0, 0.05) is 42.4 Å². The van der Waals surface area contributed by atoms with Gasteiger partial charge in [-0.05, 0) is 40.6 Å². The van der Waals surface area contributed by atoms with E-state index in [-0.39, 0.29) is 35.2 Å². The van der Waals surface area contributed by atoms with Crippen LogP contribution in [0.25, 0.3) is 10.8 Å². The number of nitrogens with one attached hydrogen (secondary N) is 1. The van der Waals surface area contributed by atoms with Crippen LogP contribution in [0.4, 0.5) is 5.69 Å². The van der Waals surface area contributed by atoms with Crippen molar-refractivity contribution in [3.8, 4) is 0 Å². The number of allylic oxidation sites excluding steroid dienone is 1. The Morgan fingerprint density at radius 3 is 2.43 bits per heavy atom. The summed E-state index contributed by atoms with van der Waals surface area (Å²) in [5.41, 5.74) is 8.48. The van der Waals surface area contributed by atoms with Crippen molar-refractivity contribution in [3.05, 3.63) is 101 Å². The van der Waals surface area contributed by atoms with Crippen LogP contribution in [0.1, 0.15) is 22.3 Å². The third kappa shape index (κ3) is 6.94. The smallest absolute Gasteiger partial charge is 0.308 e. The first-order valence-corrected chi connectivity index (χ1v) is 11.2. The maximum absolute atomic E-state index is 12.8. The number of hydrogen-bond donors (Lipinski definition) is 3. The third-order valence-corrected chi connectivity index (χ3v) is 5.41. The predicted molar refractivity (Wildman–Crippen MR) is 142 cm³/mol. The van der Waals surface area contributed by atoms with E-state index in [1.165, 1.54) is 0 Å². The van der Waals surface area contributed by atoms with E-state index < -0.39 is 5.97 Å². The molecule has 4 N–H and O–H groups in total. The summed E-state index contributed by atoms with van der Waals surface area (Å²) in [6.07, 6.45) is -0.0466. The number of nitrogens with two attached hydrogens (primary N) is 1. The fourth-order valence-electron chi connectivity index (χ4n) is 3.56. The first-order chi connectivity index (χ1) is 16.6. The Balaban J connectivity index is 1.79. The van der Waals surface area contributed by atoms with Gasteiger partial charge in [0.1, 0.15) is 11.7 Å². The molecule has 0 fully saturated rings. The number of carbonyl (C=O) groups is 2. The van der Waals surface area contributed by atoms with E-state index in [9.17, 15) is 14.7 Å². The van der Waals surface area contributed by atoms with Crippen molar-refractivity contribution in [3.63, 3.8) is 0 Å². The largest absolute Gasteiger partial charge is 0.481 e. The number of rotatable bonds is 9. The van der Waals surface area contributed by atoms with Gasteiger partial charge in [0.25, 0.3) is 5.91 Å². The van der Waals surface area contributed by atoms with Gasteiger partial charge in [-0.3, -0.25) is 9.59 Å². The minimum atomic E-state index is -1.05. The summed E-state index contributed by atoms with van der Waals surface area (Å²) < 4.78 is 0. The van der Waals surface area contributed by atoms with Crippen molar-refractivity contribution in [2.45, 2.75) is 12.8 Å². The number of aliphatic carboxylic acids is 1. The SMILES string of the molecule is C=C(Cl)/C(CC(=O)O)=C(\N=C(N)Cc1cccc(NC(=O)c2ccc3ccccc3c2)c1)N(C)C. The molecule has 7 nitrogen and oxygen atoms in total. The lowest BCUT2D eigenvalue weighted by atomic mass is 10.1. The highest BCUT2D eigenvalue weighted by Crippen LogP contribution is 2.23. The highest BCUT2D eigenvalue weighted by Gasteiger charge is 2.15. The summed E-state index contributed by atoms with van der Waals surface area (Å²) in [6, 6.07) is 20.7. The van der Waals surface area contributed by atoms with Crippen LogP contribution in [0.5, 0.6) is 0 Å². The maximum Gasteiger partial charge on any atom is 0.308 e. The molecule has 0 atom stereocenters. The van der Waals surface area contributed by atoms with Gasteiger partial charge in [-0.15, -0.1) is 0 Å². The first-order valence-electron chi connectivity index (χ1n) is 10.8. The van der Waals surface area contributed by atoms with E-state index in [1.807, 2.05) is 54.6 Å². The second kappa shape index (κ2) is 11.4. The Hall–Kier alpha value is -4.10. The molecule has 0 aliphatic heterocycles. The molecule has 0 saturated heterocycles. The Morgan fingerprint density at radius 2 is 1.77 bits per heavy atom. The van der Waals surface area contributed by atoms with Crippen molar-refractivity contribution in [2.75, 3.05) is 19.4 Å². The number of halogens is 1. The van der Waals surface area contributed by atoms with Crippen molar-refractivity contribution in [1.82, 2.24) is 4.90 Å². The van der Waals surface area contributed by atoms with Gasteiger partial charge in [0.05, 0.1) is 6.42 Å². The van der Waals surface area contributed by atoms with Crippen LogP contribution in [0.3, 0.4) is 0 Å². The van der Waals surface area contributed by atoms with Crippen LogP contribution in [0, 0.1) is 0 Å². The van der Waals surface area contributed by atoms with Crippen LogP contribution in [-0.2, 0) is 11.2 Å². The summed E-state index contributed by atoms with van der Waals surface area (Å²) in [5, 5.41) is 14.3. The summed E-state index contributed by atoms with van der Waals surface area (Å²) in [4.78, 5) is 30.1. The minimum Gasteiger partial charge on any atom is -0.481 e. The molecule has 3 rings (SSSR count). The van der Waals surface area contributed by atoms with Crippen molar-refractivity contribution in [1.29, 1.82) is 0 Å². The number of carboxylic acids is 1.